The lowest BCUT2D eigenvalue weighted by atomic mass is 9.95. The molecule has 19 heavy (non-hydrogen) atoms. The molecule has 1 aromatic heterocycles. The van der Waals surface area contributed by atoms with Gasteiger partial charge in [-0.05, 0) is 24.1 Å². The number of benzene rings is 1. The fraction of sp³-hybridized carbons (Fsp3) is 0.312. The Morgan fingerprint density at radius 3 is 2.74 bits per heavy atom. The van der Waals surface area contributed by atoms with Gasteiger partial charge in [0.2, 0.25) is 0 Å². The zero-order chi connectivity index (χ0) is 12.9. The first-order chi connectivity index (χ1) is 9.43. The predicted molar refractivity (Wildman–Crippen MR) is 76.0 cm³/mol. The minimum Gasteiger partial charge on any atom is -0.373 e. The van der Waals surface area contributed by atoms with Crippen LogP contribution in [0.1, 0.15) is 18.1 Å². The van der Waals surface area contributed by atoms with Gasteiger partial charge in [0.1, 0.15) is 5.82 Å². The summed E-state index contributed by atoms with van der Waals surface area (Å²) in [7, 11) is 0. The summed E-state index contributed by atoms with van der Waals surface area (Å²) in [5, 5.41) is 3.40. The quantitative estimate of drug-likeness (QED) is 0.909. The zero-order valence-electron chi connectivity index (χ0n) is 10.8. The zero-order valence-corrected chi connectivity index (χ0v) is 10.8. The van der Waals surface area contributed by atoms with Gasteiger partial charge in [-0.15, -0.1) is 0 Å². The highest BCUT2D eigenvalue weighted by molar-refractivity contribution is 5.33. The third-order valence-electron chi connectivity index (χ3n) is 3.55. The van der Waals surface area contributed by atoms with E-state index in [2.05, 4.69) is 34.6 Å². The van der Waals surface area contributed by atoms with Crippen LogP contribution < -0.4 is 5.32 Å². The van der Waals surface area contributed by atoms with Crippen LogP contribution in [0.25, 0.3) is 0 Å². The van der Waals surface area contributed by atoms with Crippen LogP contribution in [0.15, 0.2) is 54.7 Å². The molecule has 1 N–H and O–H groups in total. The van der Waals surface area contributed by atoms with Crippen molar-refractivity contribution in [3.63, 3.8) is 0 Å². The molecule has 0 bridgehead atoms. The highest BCUT2D eigenvalue weighted by Crippen LogP contribution is 2.34. The largest absolute Gasteiger partial charge is 0.373 e. The summed E-state index contributed by atoms with van der Waals surface area (Å²) in [6.07, 6.45) is 3.11. The number of ether oxygens (including phenoxy) is 1. The second-order valence-corrected chi connectivity index (χ2v) is 4.85. The molecule has 3 heteroatoms. The van der Waals surface area contributed by atoms with Crippen LogP contribution in [-0.2, 0) is 4.74 Å². The number of anilines is 1. The van der Waals surface area contributed by atoms with Gasteiger partial charge in [0.05, 0.1) is 6.10 Å². The number of nitrogens with zero attached hydrogens (tertiary/aromatic N) is 1. The van der Waals surface area contributed by atoms with E-state index in [0.717, 1.165) is 25.4 Å². The summed E-state index contributed by atoms with van der Waals surface area (Å²) >= 11 is 0. The van der Waals surface area contributed by atoms with Crippen molar-refractivity contribution >= 4 is 5.82 Å². The van der Waals surface area contributed by atoms with Gasteiger partial charge >= 0.3 is 0 Å². The highest BCUT2D eigenvalue weighted by atomic mass is 16.5. The molecule has 2 atom stereocenters. The van der Waals surface area contributed by atoms with Gasteiger partial charge in [-0.1, -0.05) is 36.4 Å². The Labute approximate surface area is 113 Å². The minimum atomic E-state index is 0.206. The summed E-state index contributed by atoms with van der Waals surface area (Å²) in [4.78, 5) is 4.29. The van der Waals surface area contributed by atoms with Crippen LogP contribution in [-0.4, -0.2) is 18.1 Å². The molecule has 3 rings (SSSR count). The molecule has 2 unspecified atom stereocenters. The van der Waals surface area contributed by atoms with E-state index in [1.807, 2.05) is 30.5 Å². The number of hydrogen-bond acceptors (Lipinski definition) is 3. The molecule has 0 radical (unpaired) electrons. The molecule has 3 nitrogen and oxygen atoms in total. The van der Waals surface area contributed by atoms with Crippen molar-refractivity contribution in [3.05, 3.63) is 60.3 Å². The SMILES string of the molecule is c1ccc(C2OCCC2CNc2ccccn2)cc1. The smallest absolute Gasteiger partial charge is 0.125 e. The first kappa shape index (κ1) is 12.2. The second kappa shape index (κ2) is 5.85. The summed E-state index contributed by atoms with van der Waals surface area (Å²) in [5.41, 5.74) is 1.27. The fourth-order valence-electron chi connectivity index (χ4n) is 2.56. The van der Waals surface area contributed by atoms with E-state index in [4.69, 9.17) is 4.74 Å². The number of nitrogens with one attached hydrogen (secondary N) is 1. The number of hydrogen-bond donors (Lipinski definition) is 1. The third-order valence-corrected chi connectivity index (χ3v) is 3.55. The number of aromatic nitrogens is 1. The Bertz CT molecular complexity index is 501. The molecule has 1 aliphatic rings. The van der Waals surface area contributed by atoms with Crippen molar-refractivity contribution in [2.45, 2.75) is 12.5 Å². The number of rotatable bonds is 4. The molecule has 0 spiro atoms. The summed E-state index contributed by atoms with van der Waals surface area (Å²) in [6.45, 7) is 1.74. The van der Waals surface area contributed by atoms with E-state index < -0.39 is 0 Å². The van der Waals surface area contributed by atoms with E-state index in [-0.39, 0.29) is 6.10 Å². The Kier molecular flexibility index (Phi) is 3.75. The van der Waals surface area contributed by atoms with Gasteiger partial charge in [0, 0.05) is 25.3 Å². The maximum Gasteiger partial charge on any atom is 0.125 e. The second-order valence-electron chi connectivity index (χ2n) is 4.85. The van der Waals surface area contributed by atoms with E-state index in [1.54, 1.807) is 0 Å². The average Bonchev–Trinajstić information content (AvgIpc) is 2.95. The van der Waals surface area contributed by atoms with Crippen molar-refractivity contribution in [1.82, 2.24) is 4.98 Å². The fourth-order valence-corrected chi connectivity index (χ4v) is 2.56. The Balaban J connectivity index is 1.64. The van der Waals surface area contributed by atoms with Crippen LogP contribution in [0.4, 0.5) is 5.82 Å². The van der Waals surface area contributed by atoms with Gasteiger partial charge in [-0.3, -0.25) is 0 Å². The topological polar surface area (TPSA) is 34.1 Å². The molecular formula is C16H18N2O. The van der Waals surface area contributed by atoms with Crippen molar-refractivity contribution in [3.8, 4) is 0 Å². The Morgan fingerprint density at radius 1 is 1.11 bits per heavy atom. The van der Waals surface area contributed by atoms with Gasteiger partial charge in [-0.25, -0.2) is 4.98 Å². The Morgan fingerprint density at radius 2 is 1.95 bits per heavy atom. The van der Waals surface area contributed by atoms with Crippen molar-refractivity contribution in [2.75, 3.05) is 18.5 Å². The van der Waals surface area contributed by atoms with E-state index >= 15 is 0 Å². The van der Waals surface area contributed by atoms with Crippen LogP contribution in [0.3, 0.4) is 0 Å². The van der Waals surface area contributed by atoms with Gasteiger partial charge in [0.25, 0.3) is 0 Å². The summed E-state index contributed by atoms with van der Waals surface area (Å²) < 4.78 is 5.88. The molecular weight excluding hydrogens is 236 g/mol. The Hall–Kier alpha value is -1.87. The highest BCUT2D eigenvalue weighted by Gasteiger charge is 2.29. The van der Waals surface area contributed by atoms with Gasteiger partial charge in [0.15, 0.2) is 0 Å². The first-order valence-electron chi connectivity index (χ1n) is 6.75. The van der Waals surface area contributed by atoms with E-state index in [1.165, 1.54) is 5.56 Å². The standard InChI is InChI=1S/C16H18N2O/c1-2-6-13(7-3-1)16-14(9-11-19-16)12-18-15-8-4-5-10-17-15/h1-8,10,14,16H,9,11-12H2,(H,17,18). The monoisotopic (exact) mass is 254 g/mol. The molecule has 1 fully saturated rings. The normalized spacial score (nSPS) is 22.3. The molecule has 98 valence electrons. The van der Waals surface area contributed by atoms with Crippen LogP contribution in [0.5, 0.6) is 0 Å². The molecule has 0 amide bonds. The van der Waals surface area contributed by atoms with Crippen molar-refractivity contribution in [1.29, 1.82) is 0 Å². The first-order valence-corrected chi connectivity index (χ1v) is 6.75. The molecule has 2 heterocycles. The predicted octanol–water partition coefficient (Wildman–Crippen LogP) is 3.27. The summed E-state index contributed by atoms with van der Waals surface area (Å²) in [6, 6.07) is 16.4. The van der Waals surface area contributed by atoms with Crippen LogP contribution in [0.2, 0.25) is 0 Å². The van der Waals surface area contributed by atoms with E-state index in [0.29, 0.717) is 5.92 Å². The maximum absolute atomic E-state index is 5.88. The minimum absolute atomic E-state index is 0.206. The van der Waals surface area contributed by atoms with Crippen LogP contribution in [0, 0.1) is 5.92 Å². The molecule has 1 aliphatic heterocycles. The lowest BCUT2D eigenvalue weighted by Gasteiger charge is -2.19. The summed E-state index contributed by atoms with van der Waals surface area (Å²) in [5.74, 6) is 1.44. The average molecular weight is 254 g/mol. The lowest BCUT2D eigenvalue weighted by Crippen LogP contribution is -2.18. The third kappa shape index (κ3) is 2.93. The molecule has 0 saturated carbocycles. The molecule has 2 aromatic rings. The van der Waals surface area contributed by atoms with Gasteiger partial charge in [-0.2, -0.15) is 0 Å². The lowest BCUT2D eigenvalue weighted by molar-refractivity contribution is 0.0933. The van der Waals surface area contributed by atoms with Crippen molar-refractivity contribution in [2.24, 2.45) is 5.92 Å². The van der Waals surface area contributed by atoms with E-state index in [9.17, 15) is 0 Å². The molecule has 1 aromatic carbocycles. The van der Waals surface area contributed by atoms with Gasteiger partial charge < -0.3 is 10.1 Å². The molecule has 0 aliphatic carbocycles. The maximum atomic E-state index is 5.88. The van der Waals surface area contributed by atoms with Crippen molar-refractivity contribution < 1.29 is 4.74 Å². The van der Waals surface area contributed by atoms with Crippen LogP contribution >= 0.6 is 0 Å². The molecule has 1 saturated heterocycles. The number of pyridine rings is 1.